The van der Waals surface area contributed by atoms with E-state index >= 15 is 0 Å². The monoisotopic (exact) mass is 723 g/mol. The topological polar surface area (TPSA) is 131 Å². The van der Waals surface area contributed by atoms with E-state index in [9.17, 15) is 23.9 Å². The van der Waals surface area contributed by atoms with Gasteiger partial charge in [0.25, 0.3) is 5.91 Å². The number of nitrogens with one attached hydrogen (secondary N) is 1. The number of rotatable bonds is 9. The average molecular weight is 724 g/mol. The summed E-state index contributed by atoms with van der Waals surface area (Å²) in [4.78, 5) is 55.1. The van der Waals surface area contributed by atoms with Crippen molar-refractivity contribution in [1.82, 2.24) is 29.9 Å². The first-order valence-electron chi connectivity index (χ1n) is 18.6. The Bertz CT molecular complexity index is 1580. The van der Waals surface area contributed by atoms with Crippen molar-refractivity contribution in [3.63, 3.8) is 0 Å². The smallest absolute Gasteiger partial charge is 0.407 e. The highest BCUT2D eigenvalue weighted by molar-refractivity contribution is 5.99. The van der Waals surface area contributed by atoms with Crippen LogP contribution < -0.4 is 15.0 Å². The van der Waals surface area contributed by atoms with Crippen LogP contribution in [-0.4, -0.2) is 150 Å². The Morgan fingerprint density at radius 1 is 0.962 bits per heavy atom. The van der Waals surface area contributed by atoms with Crippen molar-refractivity contribution in [3.05, 3.63) is 53.0 Å². The molecule has 0 bridgehead atoms. The summed E-state index contributed by atoms with van der Waals surface area (Å²) >= 11 is 0. The molecule has 6 rings (SSSR count). The second-order valence-electron chi connectivity index (χ2n) is 15.3. The molecule has 13 nitrogen and oxygen atoms in total. The van der Waals surface area contributed by atoms with Crippen molar-refractivity contribution in [1.29, 1.82) is 0 Å². The number of likely N-dealkylation sites (tertiary alicyclic amines) is 1. The molecule has 0 aliphatic carbocycles. The zero-order valence-electron chi connectivity index (χ0n) is 31.1. The summed E-state index contributed by atoms with van der Waals surface area (Å²) in [5.74, 6) is -0.220. The number of pyridine rings is 1. The van der Waals surface area contributed by atoms with E-state index in [0.717, 1.165) is 31.5 Å². The van der Waals surface area contributed by atoms with Crippen molar-refractivity contribution in [2.24, 2.45) is 5.92 Å². The molecule has 2 N–H and O–H groups in total. The molecule has 2 aromatic rings. The highest BCUT2D eigenvalue weighted by Crippen LogP contribution is 2.36. The van der Waals surface area contributed by atoms with Crippen molar-refractivity contribution in [2.45, 2.75) is 77.2 Å². The van der Waals surface area contributed by atoms with Crippen LogP contribution in [0.2, 0.25) is 0 Å². The number of piperazine rings is 1. The molecule has 284 valence electrons. The lowest BCUT2D eigenvalue weighted by Crippen LogP contribution is -2.65. The lowest BCUT2D eigenvalue weighted by molar-refractivity contribution is -0.122. The summed E-state index contributed by atoms with van der Waals surface area (Å²) in [5, 5.41) is 13.1. The molecule has 52 heavy (non-hydrogen) atoms. The number of carboxylic acid groups (broad SMARTS) is 1. The SMILES string of the molecule is C[C@@H]1CN(CC(=O)N2c3cc(Cc4ccc(F)cc4)c(C(=O)NCC4CCN(C)CC4)nc3OC[C@@H]2C)[C@@H](CN2[C@H](C)COC[C@H]2C)CN1C(=O)O. The molecule has 4 aliphatic rings. The maximum absolute atomic E-state index is 14.5. The van der Waals surface area contributed by atoms with E-state index in [1.807, 2.05) is 19.9 Å². The van der Waals surface area contributed by atoms with E-state index in [0.29, 0.717) is 56.4 Å². The van der Waals surface area contributed by atoms with Gasteiger partial charge in [0.05, 0.1) is 25.8 Å². The molecule has 1 aromatic heterocycles. The lowest BCUT2D eigenvalue weighted by atomic mass is 9.97. The first kappa shape index (κ1) is 37.9. The summed E-state index contributed by atoms with van der Waals surface area (Å²) in [6.45, 7) is 13.3. The number of aromatic nitrogens is 1. The van der Waals surface area contributed by atoms with E-state index in [1.54, 1.807) is 17.0 Å². The zero-order valence-corrected chi connectivity index (χ0v) is 31.1. The van der Waals surface area contributed by atoms with Crippen LogP contribution in [0, 0.1) is 11.7 Å². The van der Waals surface area contributed by atoms with E-state index < -0.39 is 6.09 Å². The van der Waals surface area contributed by atoms with E-state index in [-0.39, 0.29) is 79.1 Å². The largest absolute Gasteiger partial charge is 0.474 e. The minimum absolute atomic E-state index is 0.0749. The van der Waals surface area contributed by atoms with E-state index in [1.165, 1.54) is 17.0 Å². The van der Waals surface area contributed by atoms with Gasteiger partial charge in [0.1, 0.15) is 23.8 Å². The van der Waals surface area contributed by atoms with Crippen LogP contribution in [0.3, 0.4) is 0 Å². The number of fused-ring (bicyclic) bond motifs is 1. The Morgan fingerprint density at radius 2 is 1.65 bits per heavy atom. The van der Waals surface area contributed by atoms with Crippen LogP contribution in [0.1, 0.15) is 62.2 Å². The molecule has 3 fully saturated rings. The average Bonchev–Trinajstić information content (AvgIpc) is 3.10. The summed E-state index contributed by atoms with van der Waals surface area (Å²) in [5.41, 5.74) is 2.12. The van der Waals surface area contributed by atoms with Gasteiger partial charge in [0.15, 0.2) is 0 Å². The molecule has 3 saturated heterocycles. The normalized spacial score (nSPS) is 26.5. The molecule has 5 atom stereocenters. The Kier molecular flexibility index (Phi) is 12.0. The molecule has 14 heteroatoms. The number of hydrogen-bond acceptors (Lipinski definition) is 9. The summed E-state index contributed by atoms with van der Waals surface area (Å²) < 4.78 is 25.7. The number of morpholine rings is 1. The summed E-state index contributed by atoms with van der Waals surface area (Å²) in [6.07, 6.45) is 1.35. The minimum Gasteiger partial charge on any atom is -0.474 e. The molecule has 5 heterocycles. The van der Waals surface area contributed by atoms with Crippen molar-refractivity contribution in [2.75, 3.05) is 77.6 Å². The number of nitrogens with zero attached hydrogens (tertiary/aromatic N) is 6. The number of amides is 3. The Hall–Kier alpha value is -3.85. The van der Waals surface area contributed by atoms with Crippen LogP contribution in [0.15, 0.2) is 30.3 Å². The van der Waals surface area contributed by atoms with Crippen LogP contribution >= 0.6 is 0 Å². The number of carbonyl (C=O) groups excluding carboxylic acids is 2. The van der Waals surface area contributed by atoms with Gasteiger partial charge in [0, 0.05) is 50.3 Å². The Balaban J connectivity index is 1.27. The number of halogens is 1. The first-order valence-corrected chi connectivity index (χ1v) is 18.6. The van der Waals surface area contributed by atoms with E-state index in [4.69, 9.17) is 14.5 Å². The second kappa shape index (κ2) is 16.4. The molecular weight excluding hydrogens is 669 g/mol. The quantitative estimate of drug-likeness (QED) is 0.398. The maximum Gasteiger partial charge on any atom is 0.407 e. The van der Waals surface area contributed by atoms with Crippen molar-refractivity contribution >= 4 is 23.6 Å². The fourth-order valence-electron chi connectivity index (χ4n) is 8.07. The fraction of sp³-hybridized carbons (Fsp3) is 0.632. The molecule has 4 aliphatic heterocycles. The predicted molar refractivity (Wildman–Crippen MR) is 194 cm³/mol. The Morgan fingerprint density at radius 3 is 2.33 bits per heavy atom. The van der Waals surface area contributed by atoms with Crippen LogP contribution in [0.5, 0.6) is 5.88 Å². The van der Waals surface area contributed by atoms with Crippen molar-refractivity contribution in [3.8, 4) is 5.88 Å². The third kappa shape index (κ3) is 8.67. The molecule has 3 amide bonds. The van der Waals surface area contributed by atoms with Gasteiger partial charge in [-0.15, -0.1) is 0 Å². The van der Waals surface area contributed by atoms with Gasteiger partial charge in [0.2, 0.25) is 11.8 Å². The molecule has 1 aromatic carbocycles. The molecule has 0 unspecified atom stereocenters. The summed E-state index contributed by atoms with van der Waals surface area (Å²) in [7, 11) is 2.10. The second-order valence-corrected chi connectivity index (χ2v) is 15.3. The van der Waals surface area contributed by atoms with Gasteiger partial charge in [-0.05, 0) is 102 Å². The lowest BCUT2D eigenvalue weighted by Gasteiger charge is -2.48. The molecular formula is C38H54FN7O6. The standard InChI is InChI=1S/C38H54FN7O6/c1-24-17-43(32(19-45(24)38(49)50)18-44-25(2)21-51-22-26(44)3)20-34(47)46-27(4)23-52-37-33(46)15-30(14-28-6-8-31(39)9-7-28)35(41-37)36(48)40-16-29-10-12-42(5)13-11-29/h6-9,15,24-27,29,32H,10-14,16-23H2,1-5H3,(H,40,48)(H,49,50)/t24-,25-,26-,27+,32+/m1/s1. The van der Waals surface area contributed by atoms with Gasteiger partial charge >= 0.3 is 6.09 Å². The number of hydrogen-bond donors (Lipinski definition) is 2. The number of carbonyl (C=O) groups is 3. The molecule has 0 radical (unpaired) electrons. The Labute approximate surface area is 306 Å². The number of ether oxygens (including phenoxy) is 2. The van der Waals surface area contributed by atoms with Crippen LogP contribution in [0.25, 0.3) is 0 Å². The third-order valence-corrected chi connectivity index (χ3v) is 11.2. The predicted octanol–water partition coefficient (Wildman–Crippen LogP) is 3.16. The zero-order chi connectivity index (χ0) is 37.1. The van der Waals surface area contributed by atoms with E-state index in [2.05, 4.69) is 40.9 Å². The van der Waals surface area contributed by atoms with Gasteiger partial charge < -0.3 is 34.6 Å². The molecule has 0 saturated carbocycles. The van der Waals surface area contributed by atoms with Gasteiger partial charge in [-0.1, -0.05) is 12.1 Å². The van der Waals surface area contributed by atoms with Gasteiger partial charge in [-0.3, -0.25) is 19.4 Å². The van der Waals surface area contributed by atoms with Crippen LogP contribution in [-0.2, 0) is 16.0 Å². The van der Waals surface area contributed by atoms with Gasteiger partial charge in [-0.2, -0.15) is 0 Å². The summed E-state index contributed by atoms with van der Waals surface area (Å²) in [6, 6.07) is 7.47. The number of anilines is 1. The highest BCUT2D eigenvalue weighted by Gasteiger charge is 2.40. The third-order valence-electron chi connectivity index (χ3n) is 11.2. The number of benzene rings is 1. The minimum atomic E-state index is -0.965. The highest BCUT2D eigenvalue weighted by atomic mass is 19.1. The fourth-order valence-corrected chi connectivity index (χ4v) is 8.07. The maximum atomic E-state index is 14.5. The van der Waals surface area contributed by atoms with Crippen molar-refractivity contribution < 1.29 is 33.4 Å². The van der Waals surface area contributed by atoms with Crippen LogP contribution in [0.4, 0.5) is 14.9 Å². The molecule has 0 spiro atoms. The number of piperidine rings is 1. The first-order chi connectivity index (χ1) is 24.9. The van der Waals surface area contributed by atoms with Gasteiger partial charge in [-0.25, -0.2) is 14.2 Å².